The summed E-state index contributed by atoms with van der Waals surface area (Å²) in [4.78, 5) is 9.38. The van der Waals surface area contributed by atoms with Gasteiger partial charge in [0.15, 0.2) is 0 Å². The van der Waals surface area contributed by atoms with Gasteiger partial charge in [-0.3, -0.25) is 4.90 Å². The summed E-state index contributed by atoms with van der Waals surface area (Å²) < 4.78 is 28.4. The van der Waals surface area contributed by atoms with Crippen molar-refractivity contribution in [3.63, 3.8) is 0 Å². The van der Waals surface area contributed by atoms with Crippen molar-refractivity contribution in [2.75, 3.05) is 29.9 Å². The van der Waals surface area contributed by atoms with Crippen LogP contribution in [0.3, 0.4) is 0 Å². The topological polar surface area (TPSA) is 49.2 Å². The molecule has 1 aliphatic carbocycles. The molecule has 2 aromatic carbocycles. The Hall–Kier alpha value is -3.00. The smallest absolute Gasteiger partial charge is 0.246 e. The van der Waals surface area contributed by atoms with Gasteiger partial charge < -0.3 is 10.2 Å². The Kier molecular flexibility index (Phi) is 5.55. The Labute approximate surface area is 186 Å². The average molecular weight is 439 g/mol. The van der Waals surface area contributed by atoms with Crippen molar-refractivity contribution < 1.29 is 8.78 Å². The van der Waals surface area contributed by atoms with Crippen molar-refractivity contribution in [3.05, 3.63) is 59.9 Å². The second-order valence-corrected chi connectivity index (χ2v) is 8.78. The van der Waals surface area contributed by atoms with Gasteiger partial charge in [0.05, 0.1) is 5.69 Å². The highest BCUT2D eigenvalue weighted by Crippen LogP contribution is 2.33. The molecule has 0 unspecified atom stereocenters. The van der Waals surface area contributed by atoms with Crippen LogP contribution in [0.15, 0.2) is 42.7 Å². The van der Waals surface area contributed by atoms with Gasteiger partial charge in [0, 0.05) is 49.2 Å². The maximum absolute atomic E-state index is 13.5. The summed E-state index contributed by atoms with van der Waals surface area (Å²) in [5, 5.41) is 7.58. The van der Waals surface area contributed by atoms with Gasteiger partial charge >= 0.3 is 0 Å². The zero-order valence-corrected chi connectivity index (χ0v) is 18.4. The molecule has 6 nitrogen and oxygen atoms in total. The molecule has 8 heteroatoms. The number of likely N-dealkylation sites (tertiary alicyclic amines) is 1. The lowest BCUT2D eigenvalue weighted by Crippen LogP contribution is -2.38. The van der Waals surface area contributed by atoms with Crippen molar-refractivity contribution in [2.45, 2.75) is 45.2 Å². The van der Waals surface area contributed by atoms with Crippen LogP contribution in [0.5, 0.6) is 0 Å². The summed E-state index contributed by atoms with van der Waals surface area (Å²) in [6.07, 6.45) is 5.33. The normalized spacial score (nSPS) is 18.8. The fraction of sp³-hybridized carbons (Fsp3) is 0.417. The minimum atomic E-state index is -0.653. The molecule has 1 aliphatic heterocycles. The van der Waals surface area contributed by atoms with Gasteiger partial charge in [-0.2, -0.15) is 4.98 Å². The van der Waals surface area contributed by atoms with Gasteiger partial charge in [0.1, 0.15) is 18.0 Å². The van der Waals surface area contributed by atoms with Crippen LogP contribution >= 0.6 is 0 Å². The molecule has 0 amide bonds. The van der Waals surface area contributed by atoms with E-state index in [1.54, 1.807) is 0 Å². The lowest BCUT2D eigenvalue weighted by molar-refractivity contribution is 0.322. The third-order valence-corrected chi connectivity index (χ3v) is 6.29. The maximum Gasteiger partial charge on any atom is 0.246 e. The zero-order valence-electron chi connectivity index (χ0n) is 18.4. The number of aryl methyl sites for hydroxylation is 1. The fourth-order valence-corrected chi connectivity index (χ4v) is 4.69. The largest absolute Gasteiger partial charge is 0.367 e. The highest BCUT2D eigenvalue weighted by atomic mass is 19.1. The number of hydrogen-bond donors (Lipinski definition) is 1. The average Bonchev–Trinajstić information content (AvgIpc) is 3.29. The molecule has 0 spiro atoms. The highest BCUT2D eigenvalue weighted by Gasteiger charge is 2.36. The number of nitrogens with zero attached hydrogens (tertiary/aromatic N) is 5. The van der Waals surface area contributed by atoms with Crippen molar-refractivity contribution in [3.8, 4) is 5.69 Å². The third kappa shape index (κ3) is 4.46. The van der Waals surface area contributed by atoms with E-state index >= 15 is 0 Å². The Morgan fingerprint density at radius 1 is 1.06 bits per heavy atom. The van der Waals surface area contributed by atoms with Crippen LogP contribution in [0.4, 0.5) is 26.1 Å². The molecule has 0 radical (unpaired) electrons. The van der Waals surface area contributed by atoms with E-state index < -0.39 is 11.6 Å². The highest BCUT2D eigenvalue weighted by molar-refractivity contribution is 5.64. The van der Waals surface area contributed by atoms with Crippen molar-refractivity contribution in [1.29, 1.82) is 0 Å². The standard InChI is InChI=1S/C24H28F2N6/c1-3-31(21-6-7-30(14-21)20-4-5-20)22-9-16(2)8-19(13-22)28-24-27-15-32(29-24)23-11-17(25)10-18(26)12-23/h8-13,15,20-21H,3-7,14H2,1-2H3,(H,28,29)/t21-/m0/s1. The lowest BCUT2D eigenvalue weighted by Gasteiger charge is -2.31. The molecule has 1 N–H and O–H groups in total. The van der Waals surface area contributed by atoms with Crippen molar-refractivity contribution in [1.82, 2.24) is 19.7 Å². The van der Waals surface area contributed by atoms with E-state index in [9.17, 15) is 8.78 Å². The van der Waals surface area contributed by atoms with Gasteiger partial charge in [-0.15, -0.1) is 5.10 Å². The summed E-state index contributed by atoms with van der Waals surface area (Å²) in [7, 11) is 0. The molecule has 1 saturated carbocycles. The van der Waals surface area contributed by atoms with E-state index in [0.717, 1.165) is 36.4 Å². The first-order chi connectivity index (χ1) is 15.5. The fourth-order valence-electron chi connectivity index (χ4n) is 4.69. The number of benzene rings is 2. The molecule has 32 heavy (non-hydrogen) atoms. The number of rotatable bonds is 7. The van der Waals surface area contributed by atoms with E-state index in [2.05, 4.69) is 51.2 Å². The molecule has 3 aromatic rings. The van der Waals surface area contributed by atoms with E-state index in [1.807, 2.05) is 6.07 Å². The zero-order chi connectivity index (χ0) is 22.2. The van der Waals surface area contributed by atoms with Crippen molar-refractivity contribution >= 4 is 17.3 Å². The van der Waals surface area contributed by atoms with Gasteiger partial charge in [-0.05, 0) is 69.0 Å². The van der Waals surface area contributed by atoms with E-state index in [1.165, 1.54) is 54.6 Å². The predicted molar refractivity (Wildman–Crippen MR) is 122 cm³/mol. The first-order valence-corrected chi connectivity index (χ1v) is 11.3. The Bertz CT molecular complexity index is 1090. The van der Waals surface area contributed by atoms with Crippen LogP contribution in [0.2, 0.25) is 0 Å². The van der Waals surface area contributed by atoms with Crippen LogP contribution < -0.4 is 10.2 Å². The monoisotopic (exact) mass is 438 g/mol. The quantitative estimate of drug-likeness (QED) is 0.581. The first-order valence-electron chi connectivity index (χ1n) is 11.3. The van der Waals surface area contributed by atoms with Crippen LogP contribution in [0, 0.1) is 18.6 Å². The van der Waals surface area contributed by atoms with Gasteiger partial charge in [-0.1, -0.05) is 0 Å². The molecule has 2 aliphatic rings. The number of aromatic nitrogens is 3. The van der Waals surface area contributed by atoms with Gasteiger partial charge in [0.2, 0.25) is 5.95 Å². The third-order valence-electron chi connectivity index (χ3n) is 6.29. The Morgan fingerprint density at radius 3 is 2.56 bits per heavy atom. The summed E-state index contributed by atoms with van der Waals surface area (Å²) in [5.74, 6) is -0.935. The van der Waals surface area contributed by atoms with Crippen LogP contribution in [0.25, 0.3) is 5.69 Å². The van der Waals surface area contributed by atoms with Gasteiger partial charge in [0.25, 0.3) is 0 Å². The molecule has 2 heterocycles. The summed E-state index contributed by atoms with van der Waals surface area (Å²) >= 11 is 0. The number of hydrogen-bond acceptors (Lipinski definition) is 5. The summed E-state index contributed by atoms with van der Waals surface area (Å²) in [6.45, 7) is 7.55. The predicted octanol–water partition coefficient (Wildman–Crippen LogP) is 4.66. The van der Waals surface area contributed by atoms with Crippen LogP contribution in [-0.4, -0.2) is 51.4 Å². The Morgan fingerprint density at radius 2 is 1.84 bits per heavy atom. The molecule has 1 atom stereocenters. The maximum atomic E-state index is 13.5. The molecule has 5 rings (SSSR count). The number of nitrogens with one attached hydrogen (secondary N) is 1. The van der Waals surface area contributed by atoms with Gasteiger partial charge in [-0.25, -0.2) is 13.5 Å². The summed E-state index contributed by atoms with van der Waals surface area (Å²) in [5.41, 5.74) is 3.50. The minimum Gasteiger partial charge on any atom is -0.367 e. The first kappa shape index (κ1) is 20.9. The number of anilines is 3. The lowest BCUT2D eigenvalue weighted by atomic mass is 10.1. The summed E-state index contributed by atoms with van der Waals surface area (Å²) in [6, 6.07) is 11.0. The van der Waals surface area contributed by atoms with Crippen LogP contribution in [0.1, 0.15) is 31.7 Å². The molecule has 0 bridgehead atoms. The molecule has 1 saturated heterocycles. The van der Waals surface area contributed by atoms with Crippen molar-refractivity contribution in [2.24, 2.45) is 0 Å². The van der Waals surface area contributed by atoms with E-state index in [4.69, 9.17) is 0 Å². The van der Waals surface area contributed by atoms with Crippen LogP contribution in [-0.2, 0) is 0 Å². The van der Waals surface area contributed by atoms with E-state index in [0.29, 0.717) is 12.0 Å². The Balaban J connectivity index is 1.34. The molecule has 1 aromatic heterocycles. The molecular formula is C24H28F2N6. The second-order valence-electron chi connectivity index (χ2n) is 8.78. The number of halogens is 2. The molecule has 2 fully saturated rings. The molecular weight excluding hydrogens is 410 g/mol. The second kappa shape index (κ2) is 8.50. The van der Waals surface area contributed by atoms with E-state index in [-0.39, 0.29) is 5.69 Å². The SMILES string of the molecule is CCN(c1cc(C)cc(Nc2ncn(-c3cc(F)cc(F)c3)n2)c1)[C@H]1CCN(C2CC2)C1. The number of likely N-dealkylation sites (N-methyl/N-ethyl adjacent to an activating group) is 1. The minimum absolute atomic E-state index is 0.284. The molecule has 168 valence electrons.